The van der Waals surface area contributed by atoms with Gasteiger partial charge >= 0.3 is 0 Å². The molecule has 0 unspecified atom stereocenters. The molecule has 0 fully saturated rings. The minimum absolute atomic E-state index is 0.522. The molecule has 100 valence electrons. The fourth-order valence-corrected chi connectivity index (χ4v) is 2.47. The number of benzene rings is 2. The van der Waals surface area contributed by atoms with E-state index in [1.807, 2.05) is 36.4 Å². The number of halogens is 3. The molecule has 2 aromatic rings. The van der Waals surface area contributed by atoms with Crippen molar-refractivity contribution in [3.05, 3.63) is 57.0 Å². The lowest BCUT2D eigenvalue weighted by Gasteiger charge is -2.10. The van der Waals surface area contributed by atoms with E-state index in [1.165, 1.54) is 0 Å². The Morgan fingerprint density at radius 1 is 1.11 bits per heavy atom. The molecule has 2 aromatic carbocycles. The molecule has 0 aliphatic rings. The highest BCUT2D eigenvalue weighted by Gasteiger charge is 2.01. The van der Waals surface area contributed by atoms with Crippen molar-refractivity contribution in [3.8, 4) is 5.75 Å². The van der Waals surface area contributed by atoms with Crippen LogP contribution in [-0.2, 0) is 0 Å². The zero-order chi connectivity index (χ0) is 13.7. The SMILES string of the molecule is Clc1cccc(NCCOc2ccc(Br)cc2Cl)c1. The molecular formula is C14H12BrCl2NO. The number of ether oxygens (including phenoxy) is 1. The molecule has 0 bridgehead atoms. The largest absolute Gasteiger partial charge is 0.490 e. The molecule has 19 heavy (non-hydrogen) atoms. The molecule has 0 spiro atoms. The van der Waals surface area contributed by atoms with E-state index in [-0.39, 0.29) is 0 Å². The zero-order valence-electron chi connectivity index (χ0n) is 10.00. The van der Waals surface area contributed by atoms with Gasteiger partial charge < -0.3 is 10.1 Å². The number of anilines is 1. The Labute approximate surface area is 130 Å². The maximum absolute atomic E-state index is 6.05. The first-order valence-electron chi connectivity index (χ1n) is 5.72. The Morgan fingerprint density at radius 2 is 1.95 bits per heavy atom. The lowest BCUT2D eigenvalue weighted by Crippen LogP contribution is -2.11. The summed E-state index contributed by atoms with van der Waals surface area (Å²) in [6.07, 6.45) is 0. The highest BCUT2D eigenvalue weighted by molar-refractivity contribution is 9.10. The van der Waals surface area contributed by atoms with Gasteiger partial charge in [-0.1, -0.05) is 45.2 Å². The molecule has 0 aliphatic carbocycles. The first-order valence-corrected chi connectivity index (χ1v) is 7.27. The summed E-state index contributed by atoms with van der Waals surface area (Å²) < 4.78 is 6.53. The van der Waals surface area contributed by atoms with Crippen molar-refractivity contribution in [1.82, 2.24) is 0 Å². The lowest BCUT2D eigenvalue weighted by molar-refractivity contribution is 0.333. The van der Waals surface area contributed by atoms with Gasteiger partial charge in [-0.2, -0.15) is 0 Å². The van der Waals surface area contributed by atoms with E-state index in [1.54, 1.807) is 6.07 Å². The third-order valence-electron chi connectivity index (χ3n) is 2.41. The summed E-state index contributed by atoms with van der Waals surface area (Å²) in [5.74, 6) is 0.678. The molecule has 0 aliphatic heterocycles. The van der Waals surface area contributed by atoms with Gasteiger partial charge in [0.2, 0.25) is 0 Å². The molecule has 0 aromatic heterocycles. The Balaban J connectivity index is 1.81. The normalized spacial score (nSPS) is 10.3. The molecule has 0 saturated carbocycles. The molecule has 0 radical (unpaired) electrons. The number of hydrogen-bond acceptors (Lipinski definition) is 2. The van der Waals surface area contributed by atoms with Crippen molar-refractivity contribution in [2.45, 2.75) is 0 Å². The third-order valence-corrected chi connectivity index (χ3v) is 3.43. The molecule has 2 rings (SSSR count). The molecule has 0 atom stereocenters. The Bertz CT molecular complexity index is 563. The summed E-state index contributed by atoms with van der Waals surface area (Å²) >= 11 is 15.3. The van der Waals surface area contributed by atoms with Gasteiger partial charge in [-0.05, 0) is 36.4 Å². The number of nitrogens with one attached hydrogen (secondary N) is 1. The van der Waals surface area contributed by atoms with Crippen LogP contribution in [0.5, 0.6) is 5.75 Å². The summed E-state index contributed by atoms with van der Waals surface area (Å²) in [5, 5.41) is 4.53. The summed E-state index contributed by atoms with van der Waals surface area (Å²) in [6, 6.07) is 13.1. The first-order chi connectivity index (χ1) is 9.15. The van der Waals surface area contributed by atoms with E-state index in [4.69, 9.17) is 27.9 Å². The highest BCUT2D eigenvalue weighted by atomic mass is 79.9. The van der Waals surface area contributed by atoms with Crippen LogP contribution in [0, 0.1) is 0 Å². The van der Waals surface area contributed by atoms with Gasteiger partial charge in [0.25, 0.3) is 0 Å². The van der Waals surface area contributed by atoms with Crippen molar-refractivity contribution < 1.29 is 4.74 Å². The van der Waals surface area contributed by atoms with Gasteiger partial charge in [0, 0.05) is 21.7 Å². The number of hydrogen-bond donors (Lipinski definition) is 1. The summed E-state index contributed by atoms with van der Waals surface area (Å²) in [4.78, 5) is 0. The Kier molecular flexibility index (Phi) is 5.37. The van der Waals surface area contributed by atoms with Gasteiger partial charge in [0.1, 0.15) is 12.4 Å². The predicted octanol–water partition coefficient (Wildman–Crippen LogP) is 5.25. The minimum Gasteiger partial charge on any atom is -0.490 e. The second-order valence-electron chi connectivity index (χ2n) is 3.86. The second kappa shape index (κ2) is 7.04. The van der Waals surface area contributed by atoms with Gasteiger partial charge in [-0.25, -0.2) is 0 Å². The average Bonchev–Trinajstić information content (AvgIpc) is 2.37. The zero-order valence-corrected chi connectivity index (χ0v) is 13.1. The van der Waals surface area contributed by atoms with Crippen molar-refractivity contribution in [3.63, 3.8) is 0 Å². The molecule has 0 heterocycles. The lowest BCUT2D eigenvalue weighted by atomic mass is 10.3. The van der Waals surface area contributed by atoms with Crippen LogP contribution < -0.4 is 10.1 Å². The minimum atomic E-state index is 0.522. The monoisotopic (exact) mass is 359 g/mol. The fourth-order valence-electron chi connectivity index (χ4n) is 1.55. The van der Waals surface area contributed by atoms with Crippen LogP contribution in [0.15, 0.2) is 46.9 Å². The van der Waals surface area contributed by atoms with Gasteiger partial charge in [0.05, 0.1) is 5.02 Å². The molecule has 1 N–H and O–H groups in total. The van der Waals surface area contributed by atoms with Gasteiger partial charge in [0.15, 0.2) is 0 Å². The molecule has 5 heteroatoms. The van der Waals surface area contributed by atoms with E-state index >= 15 is 0 Å². The van der Waals surface area contributed by atoms with Crippen LogP contribution in [0.3, 0.4) is 0 Å². The first kappa shape index (κ1) is 14.5. The topological polar surface area (TPSA) is 21.3 Å². The van der Waals surface area contributed by atoms with E-state index in [2.05, 4.69) is 21.2 Å². The number of rotatable bonds is 5. The smallest absolute Gasteiger partial charge is 0.138 e. The van der Waals surface area contributed by atoms with Crippen molar-refractivity contribution in [1.29, 1.82) is 0 Å². The van der Waals surface area contributed by atoms with Crippen LogP contribution in [0.4, 0.5) is 5.69 Å². The second-order valence-corrected chi connectivity index (χ2v) is 5.62. The molecule has 0 saturated heterocycles. The van der Waals surface area contributed by atoms with E-state index in [0.717, 1.165) is 10.2 Å². The van der Waals surface area contributed by atoms with E-state index in [9.17, 15) is 0 Å². The van der Waals surface area contributed by atoms with Crippen LogP contribution in [-0.4, -0.2) is 13.2 Å². The Morgan fingerprint density at radius 3 is 2.68 bits per heavy atom. The maximum Gasteiger partial charge on any atom is 0.138 e. The molecule has 2 nitrogen and oxygen atoms in total. The Hall–Kier alpha value is -0.900. The van der Waals surface area contributed by atoms with Crippen LogP contribution >= 0.6 is 39.1 Å². The average molecular weight is 361 g/mol. The molecule has 0 amide bonds. The van der Waals surface area contributed by atoms with Gasteiger partial charge in [-0.15, -0.1) is 0 Å². The van der Waals surface area contributed by atoms with Crippen molar-refractivity contribution in [2.75, 3.05) is 18.5 Å². The van der Waals surface area contributed by atoms with E-state index < -0.39 is 0 Å². The maximum atomic E-state index is 6.05. The summed E-state index contributed by atoms with van der Waals surface area (Å²) in [5.41, 5.74) is 0.970. The van der Waals surface area contributed by atoms with E-state index in [0.29, 0.717) is 28.9 Å². The predicted molar refractivity (Wildman–Crippen MR) is 84.6 cm³/mol. The van der Waals surface area contributed by atoms with Crippen LogP contribution in [0.2, 0.25) is 10.0 Å². The highest BCUT2D eigenvalue weighted by Crippen LogP contribution is 2.27. The fraction of sp³-hybridized carbons (Fsp3) is 0.143. The summed E-state index contributed by atoms with van der Waals surface area (Å²) in [7, 11) is 0. The van der Waals surface area contributed by atoms with Crippen LogP contribution in [0.1, 0.15) is 0 Å². The summed E-state index contributed by atoms with van der Waals surface area (Å²) in [6.45, 7) is 1.20. The standard InChI is InChI=1S/C14H12BrCl2NO/c15-10-4-5-14(13(17)8-10)19-7-6-18-12-3-1-2-11(16)9-12/h1-5,8-9,18H,6-7H2. The van der Waals surface area contributed by atoms with Crippen molar-refractivity contribution >= 4 is 44.8 Å². The molecular weight excluding hydrogens is 349 g/mol. The van der Waals surface area contributed by atoms with Crippen molar-refractivity contribution in [2.24, 2.45) is 0 Å². The third kappa shape index (κ3) is 4.60. The van der Waals surface area contributed by atoms with Gasteiger partial charge in [-0.3, -0.25) is 0 Å². The van der Waals surface area contributed by atoms with Crippen LogP contribution in [0.25, 0.3) is 0 Å². The quantitative estimate of drug-likeness (QED) is 0.735.